The predicted molar refractivity (Wildman–Crippen MR) is 212 cm³/mol. The van der Waals surface area contributed by atoms with Gasteiger partial charge in [0.1, 0.15) is 11.5 Å². The number of ether oxygens (including phenoxy) is 2. The summed E-state index contributed by atoms with van der Waals surface area (Å²) in [6.07, 6.45) is 31.0. The van der Waals surface area contributed by atoms with Crippen LogP contribution in [0.15, 0.2) is 63.1 Å². The highest BCUT2D eigenvalue weighted by Gasteiger charge is 2.36. The summed E-state index contributed by atoms with van der Waals surface area (Å²) in [6, 6.07) is 1.69. The van der Waals surface area contributed by atoms with Gasteiger partial charge >= 0.3 is 11.9 Å². The van der Waals surface area contributed by atoms with Crippen molar-refractivity contribution in [3.63, 3.8) is 0 Å². The molecule has 0 spiro atoms. The molecule has 0 aliphatic heterocycles. The Balaban J connectivity index is 1.57. The molecule has 0 saturated carbocycles. The largest absolute Gasteiger partial charge is 0.507 e. The van der Waals surface area contributed by atoms with Crippen LogP contribution in [-0.4, -0.2) is 69.7 Å². The number of unbranched alkanes of at least 4 members (excludes halogenated alkanes) is 18. The fraction of sp³-hybridized carbons (Fsp3) is 0.614. The average molecular weight is 750 g/mol. The van der Waals surface area contributed by atoms with Crippen LogP contribution in [0.4, 0.5) is 0 Å². The van der Waals surface area contributed by atoms with Gasteiger partial charge in [0.05, 0.1) is 36.1 Å². The summed E-state index contributed by atoms with van der Waals surface area (Å²) in [5.41, 5.74) is 1.26. The zero-order chi connectivity index (χ0) is 39.0. The molecule has 0 amide bonds. The van der Waals surface area contributed by atoms with E-state index in [0.29, 0.717) is 30.4 Å². The fourth-order valence-electron chi connectivity index (χ4n) is 6.57. The fourth-order valence-corrected chi connectivity index (χ4v) is 6.57. The van der Waals surface area contributed by atoms with E-state index in [-0.39, 0.29) is 41.3 Å². The molecule has 2 aliphatic rings. The molecule has 0 unspecified atom stereocenters. The van der Waals surface area contributed by atoms with E-state index in [1.165, 1.54) is 119 Å². The smallest absolute Gasteiger partial charge is 0.372 e. The Kier molecular flexibility index (Phi) is 21.1. The number of aromatic nitrogens is 1. The molecule has 0 saturated heterocycles. The molecule has 0 radical (unpaired) electrons. The summed E-state index contributed by atoms with van der Waals surface area (Å²) in [4.78, 5) is 38.9. The van der Waals surface area contributed by atoms with E-state index in [9.17, 15) is 24.6 Å². The minimum Gasteiger partial charge on any atom is -0.507 e. The quantitative estimate of drug-likeness (QED) is 0.0371. The highest BCUT2D eigenvalue weighted by molar-refractivity contribution is 6.22. The average Bonchev–Trinajstić information content (AvgIpc) is 3.57. The molecule has 2 N–H and O–H groups in total. The van der Waals surface area contributed by atoms with Gasteiger partial charge in [0.15, 0.2) is 5.76 Å². The van der Waals surface area contributed by atoms with Gasteiger partial charge in [-0.3, -0.25) is 4.79 Å². The summed E-state index contributed by atoms with van der Waals surface area (Å²) in [7, 11) is 0. The maximum absolute atomic E-state index is 13.0. The van der Waals surface area contributed by atoms with Crippen molar-refractivity contribution < 1.29 is 43.2 Å². The van der Waals surface area contributed by atoms with Crippen LogP contribution in [0.1, 0.15) is 154 Å². The molecular weight excluding hydrogens is 684 g/mol. The summed E-state index contributed by atoms with van der Waals surface area (Å²) >= 11 is 0. The van der Waals surface area contributed by atoms with Crippen molar-refractivity contribution in [2.75, 3.05) is 26.3 Å². The number of allylic oxidation sites excluding steroid dienone is 6. The van der Waals surface area contributed by atoms with E-state index < -0.39 is 17.7 Å². The predicted octanol–water partition coefficient (Wildman–Crippen LogP) is 10.1. The maximum Gasteiger partial charge on any atom is 0.372 e. The van der Waals surface area contributed by atoms with Crippen LogP contribution in [-0.2, 0) is 23.9 Å². The van der Waals surface area contributed by atoms with E-state index in [2.05, 4.69) is 19.0 Å². The van der Waals surface area contributed by atoms with E-state index >= 15 is 0 Å². The Morgan fingerprint density at radius 1 is 0.722 bits per heavy atom. The first kappa shape index (κ1) is 44.2. The number of carbonyl (C=O) groups is 3. The lowest BCUT2D eigenvalue weighted by Crippen LogP contribution is -2.33. The molecule has 2 aliphatic carbocycles. The minimum absolute atomic E-state index is 0.0224. The van der Waals surface area contributed by atoms with Gasteiger partial charge in [-0.15, -0.1) is 0 Å². The zero-order valence-electron chi connectivity index (χ0n) is 33.2. The van der Waals surface area contributed by atoms with Crippen LogP contribution in [0.2, 0.25) is 0 Å². The van der Waals surface area contributed by atoms with Gasteiger partial charge in [-0.1, -0.05) is 135 Å². The highest BCUT2D eigenvalue weighted by Crippen LogP contribution is 2.35. The second-order valence-corrected chi connectivity index (χ2v) is 14.5. The summed E-state index contributed by atoms with van der Waals surface area (Å²) in [6.45, 7) is 6.38. The molecule has 298 valence electrons. The summed E-state index contributed by atoms with van der Waals surface area (Å²) < 4.78 is 17.7. The van der Waals surface area contributed by atoms with Crippen molar-refractivity contribution in [3.05, 3.63) is 70.1 Å². The molecule has 0 fully saturated rings. The van der Waals surface area contributed by atoms with Gasteiger partial charge in [-0.2, -0.15) is 0 Å². The van der Waals surface area contributed by atoms with Crippen LogP contribution < -0.4 is 0 Å². The molecule has 1 heterocycles. The van der Waals surface area contributed by atoms with Crippen molar-refractivity contribution in [2.24, 2.45) is 0 Å². The van der Waals surface area contributed by atoms with Crippen LogP contribution in [0.5, 0.6) is 0 Å². The van der Waals surface area contributed by atoms with Crippen LogP contribution in [0, 0.1) is 6.92 Å². The third kappa shape index (κ3) is 16.0. The Bertz CT molecular complexity index is 1500. The minimum atomic E-state index is -0.487. The number of aliphatic hydroxyl groups is 2. The lowest BCUT2D eigenvalue weighted by molar-refractivity contribution is -0.508. The summed E-state index contributed by atoms with van der Waals surface area (Å²) in [5, 5.41) is 25.5. The zero-order valence-corrected chi connectivity index (χ0v) is 33.2. The number of aliphatic hydroxyl groups excluding tert-OH is 2. The molecule has 1 aromatic rings. The van der Waals surface area contributed by atoms with E-state index in [0.717, 1.165) is 38.5 Å². The molecule has 0 atom stereocenters. The number of Topliss-reactive ketones (excluding diaryl/α,β-unsaturated/α-hetero) is 1. The second-order valence-electron chi connectivity index (χ2n) is 14.5. The third-order valence-corrected chi connectivity index (χ3v) is 9.80. The molecular formula is C44H65N2O8+. The molecule has 0 bridgehead atoms. The number of aryl methyl sites for hydroxylation is 1. The molecule has 3 rings (SSSR count). The molecule has 1 aromatic heterocycles. The van der Waals surface area contributed by atoms with Crippen molar-refractivity contribution in [1.29, 1.82) is 0 Å². The molecule has 54 heavy (non-hydrogen) atoms. The monoisotopic (exact) mass is 749 g/mol. The normalized spacial score (nSPS) is 15.6. The van der Waals surface area contributed by atoms with Gasteiger partial charge in [0, 0.05) is 17.7 Å². The number of rotatable bonds is 28. The van der Waals surface area contributed by atoms with Crippen LogP contribution in [0.3, 0.4) is 0 Å². The number of ketones is 1. The SMILES string of the molecule is CCCCCCCCCCCCOC(=O)C[N+](CC(=O)OCCCCCCCCCCCC)=C1C=C/C(=C2/C(=O)C(/C=C/c3cc(C)no3)=C2O)C(O)=C1. The van der Waals surface area contributed by atoms with E-state index in [4.69, 9.17) is 14.0 Å². The Morgan fingerprint density at radius 3 is 1.63 bits per heavy atom. The molecule has 0 aromatic carbocycles. The van der Waals surface area contributed by atoms with E-state index in [1.807, 2.05) is 0 Å². The topological polar surface area (TPSA) is 139 Å². The number of nitrogens with zero attached hydrogens (tertiary/aromatic N) is 2. The number of hydrogen-bond donors (Lipinski definition) is 2. The van der Waals surface area contributed by atoms with Crippen molar-refractivity contribution >= 4 is 29.5 Å². The number of hydrogen-bond acceptors (Lipinski definition) is 9. The first-order chi connectivity index (χ1) is 26.2. The number of esters is 2. The summed E-state index contributed by atoms with van der Waals surface area (Å²) in [5.74, 6) is -1.51. The van der Waals surface area contributed by atoms with Crippen LogP contribution >= 0.6 is 0 Å². The van der Waals surface area contributed by atoms with Crippen LogP contribution in [0.25, 0.3) is 6.08 Å². The maximum atomic E-state index is 13.0. The van der Waals surface area contributed by atoms with Crippen molar-refractivity contribution in [1.82, 2.24) is 5.16 Å². The number of carbonyl (C=O) groups excluding carboxylic acids is 3. The second kappa shape index (κ2) is 25.7. The van der Waals surface area contributed by atoms with Gasteiger partial charge in [0.2, 0.25) is 24.6 Å². The Morgan fingerprint density at radius 2 is 1.20 bits per heavy atom. The first-order valence-corrected chi connectivity index (χ1v) is 20.6. The lowest BCUT2D eigenvalue weighted by Gasteiger charge is -2.22. The Labute approximate surface area is 322 Å². The molecule has 10 nitrogen and oxygen atoms in total. The lowest BCUT2D eigenvalue weighted by atomic mass is 9.82. The Hall–Kier alpha value is -4.21. The standard InChI is InChI=1S/C44H64N2O8/c1-4-6-8-10-12-14-16-18-20-22-28-52-40(48)32-46(33-41(49)53-29-23-21-19-17-15-13-11-9-7-5-2)35-24-26-37(39(47)31-35)42-43(50)38(44(42)51)27-25-36-30-34(3)45-54-36/h24-27,30-31H,4-23,28-29,32-33H2,1-3H3,(H,45,50,51)/p+1. The van der Waals surface area contributed by atoms with Crippen molar-refractivity contribution in [3.8, 4) is 0 Å². The van der Waals surface area contributed by atoms with Gasteiger partial charge in [-0.25, -0.2) is 14.2 Å². The van der Waals surface area contributed by atoms with Gasteiger partial charge < -0.3 is 24.2 Å². The van der Waals surface area contributed by atoms with Gasteiger partial charge in [-0.05, 0) is 38.0 Å². The van der Waals surface area contributed by atoms with Gasteiger partial charge in [0.25, 0.3) is 0 Å². The third-order valence-electron chi connectivity index (χ3n) is 9.80. The van der Waals surface area contributed by atoms with E-state index in [1.54, 1.807) is 19.1 Å². The molecule has 10 heteroatoms. The van der Waals surface area contributed by atoms with Crippen molar-refractivity contribution in [2.45, 2.75) is 149 Å². The first-order valence-electron chi connectivity index (χ1n) is 20.6. The highest BCUT2D eigenvalue weighted by atomic mass is 16.5.